The lowest BCUT2D eigenvalue weighted by molar-refractivity contribution is -0.142. The van der Waals surface area contributed by atoms with Crippen LogP contribution in [0.5, 0.6) is 0 Å². The van der Waals surface area contributed by atoms with E-state index in [-0.39, 0.29) is 30.4 Å². The Hall–Kier alpha value is -1.38. The number of piperazine rings is 1. The minimum absolute atomic E-state index is 0.0630. The molecule has 0 spiro atoms. The monoisotopic (exact) mass is 354 g/mol. The average Bonchev–Trinajstić information content (AvgIpc) is 2.91. The molecule has 3 aliphatic rings. The van der Waals surface area contributed by atoms with Gasteiger partial charge in [-0.15, -0.1) is 0 Å². The number of carbonyl (C=O) groups is 2. The van der Waals surface area contributed by atoms with Gasteiger partial charge in [-0.1, -0.05) is 0 Å². The van der Waals surface area contributed by atoms with Crippen molar-refractivity contribution in [2.24, 2.45) is 0 Å². The molecular formula is C17H30N4O4. The van der Waals surface area contributed by atoms with Crippen molar-refractivity contribution in [2.75, 3.05) is 60.0 Å². The van der Waals surface area contributed by atoms with Crippen LogP contribution in [0, 0.1) is 0 Å². The zero-order valence-corrected chi connectivity index (χ0v) is 15.5. The van der Waals surface area contributed by atoms with E-state index in [4.69, 9.17) is 9.47 Å². The molecule has 0 aromatic heterocycles. The SMILES string of the molecule is COC(=O)CN1CCN(C2OC(=O)N(C3CCN(C)CC3)C2C)CC1. The highest BCUT2D eigenvalue weighted by molar-refractivity contribution is 5.71. The third-order valence-corrected chi connectivity index (χ3v) is 5.71. The Balaban J connectivity index is 1.54. The van der Waals surface area contributed by atoms with Crippen molar-refractivity contribution in [3.63, 3.8) is 0 Å². The van der Waals surface area contributed by atoms with Crippen molar-refractivity contribution in [2.45, 2.75) is 38.1 Å². The normalized spacial score (nSPS) is 30.5. The second-order valence-electron chi connectivity index (χ2n) is 7.34. The lowest BCUT2D eigenvalue weighted by atomic mass is 10.0. The molecule has 0 aliphatic carbocycles. The molecule has 0 radical (unpaired) electrons. The van der Waals surface area contributed by atoms with E-state index in [2.05, 4.69) is 28.7 Å². The quantitative estimate of drug-likeness (QED) is 0.660. The zero-order valence-electron chi connectivity index (χ0n) is 15.5. The summed E-state index contributed by atoms with van der Waals surface area (Å²) in [5.41, 5.74) is 0. The van der Waals surface area contributed by atoms with Crippen molar-refractivity contribution in [3.8, 4) is 0 Å². The van der Waals surface area contributed by atoms with Crippen molar-refractivity contribution in [1.82, 2.24) is 19.6 Å². The van der Waals surface area contributed by atoms with Gasteiger partial charge in [-0.05, 0) is 39.9 Å². The number of ether oxygens (including phenoxy) is 2. The number of carbonyl (C=O) groups excluding carboxylic acids is 2. The lowest BCUT2D eigenvalue weighted by Crippen LogP contribution is -2.55. The molecule has 0 bridgehead atoms. The van der Waals surface area contributed by atoms with Gasteiger partial charge in [0.15, 0.2) is 6.23 Å². The molecule has 1 amide bonds. The van der Waals surface area contributed by atoms with Gasteiger partial charge in [0.2, 0.25) is 0 Å². The topological polar surface area (TPSA) is 65.6 Å². The van der Waals surface area contributed by atoms with Crippen LogP contribution < -0.4 is 0 Å². The number of cyclic esters (lactones) is 1. The molecule has 8 heteroatoms. The smallest absolute Gasteiger partial charge is 0.412 e. The van der Waals surface area contributed by atoms with Crippen molar-refractivity contribution in [3.05, 3.63) is 0 Å². The van der Waals surface area contributed by atoms with Crippen molar-refractivity contribution in [1.29, 1.82) is 0 Å². The van der Waals surface area contributed by atoms with Gasteiger partial charge in [0, 0.05) is 32.2 Å². The molecule has 3 saturated heterocycles. The maximum Gasteiger partial charge on any atom is 0.412 e. The van der Waals surface area contributed by atoms with Crippen LogP contribution in [0.4, 0.5) is 4.79 Å². The van der Waals surface area contributed by atoms with Crippen molar-refractivity contribution >= 4 is 12.1 Å². The number of piperidine rings is 1. The van der Waals surface area contributed by atoms with Crippen LogP contribution in [0.1, 0.15) is 19.8 Å². The molecule has 3 fully saturated rings. The summed E-state index contributed by atoms with van der Waals surface area (Å²) in [6, 6.07) is 0.345. The molecule has 0 N–H and O–H groups in total. The van der Waals surface area contributed by atoms with E-state index in [1.54, 1.807) is 0 Å². The van der Waals surface area contributed by atoms with Crippen LogP contribution in [0.3, 0.4) is 0 Å². The molecule has 3 heterocycles. The second-order valence-corrected chi connectivity index (χ2v) is 7.34. The lowest BCUT2D eigenvalue weighted by Gasteiger charge is -2.39. The molecule has 142 valence electrons. The first-order valence-electron chi connectivity index (χ1n) is 9.20. The zero-order chi connectivity index (χ0) is 18.0. The molecule has 8 nitrogen and oxygen atoms in total. The Morgan fingerprint density at radius 1 is 1.16 bits per heavy atom. The summed E-state index contributed by atoms with van der Waals surface area (Å²) in [5, 5.41) is 0. The van der Waals surface area contributed by atoms with Gasteiger partial charge in [-0.25, -0.2) is 4.79 Å². The standard InChI is InChI=1S/C17H30N4O4/c1-13-16(20-10-8-19(9-11-20)12-15(22)24-3)25-17(23)21(13)14-4-6-18(2)7-5-14/h13-14,16H,4-12H2,1-3H3. The highest BCUT2D eigenvalue weighted by atomic mass is 16.6. The Morgan fingerprint density at radius 3 is 2.40 bits per heavy atom. The van der Waals surface area contributed by atoms with Crippen LogP contribution in [-0.2, 0) is 14.3 Å². The first kappa shape index (κ1) is 18.4. The molecule has 0 aromatic carbocycles. The van der Waals surface area contributed by atoms with Crippen LogP contribution >= 0.6 is 0 Å². The Kier molecular flexibility index (Phi) is 5.81. The summed E-state index contributed by atoms with van der Waals surface area (Å²) >= 11 is 0. The fourth-order valence-corrected chi connectivity index (χ4v) is 4.12. The summed E-state index contributed by atoms with van der Waals surface area (Å²) in [6.45, 7) is 7.62. The maximum absolute atomic E-state index is 12.5. The van der Waals surface area contributed by atoms with E-state index >= 15 is 0 Å². The fourth-order valence-electron chi connectivity index (χ4n) is 4.12. The van der Waals surface area contributed by atoms with E-state index in [0.29, 0.717) is 6.54 Å². The number of amides is 1. The molecule has 0 aromatic rings. The largest absolute Gasteiger partial charge is 0.468 e. The van der Waals surface area contributed by atoms with E-state index in [9.17, 15) is 9.59 Å². The predicted octanol–water partition coefficient (Wildman–Crippen LogP) is 0.0380. The number of methoxy groups -OCH3 is 1. The molecule has 0 saturated carbocycles. The molecule has 2 unspecified atom stereocenters. The Bertz CT molecular complexity index is 487. The van der Waals surface area contributed by atoms with E-state index in [0.717, 1.165) is 52.1 Å². The minimum atomic E-state index is -0.206. The number of rotatable bonds is 4. The summed E-state index contributed by atoms with van der Waals surface area (Å²) in [7, 11) is 3.54. The van der Waals surface area contributed by atoms with Crippen molar-refractivity contribution < 1.29 is 19.1 Å². The fraction of sp³-hybridized carbons (Fsp3) is 0.882. The predicted molar refractivity (Wildman–Crippen MR) is 92.1 cm³/mol. The van der Waals surface area contributed by atoms with E-state index in [1.807, 2.05) is 4.90 Å². The van der Waals surface area contributed by atoms with Crippen LogP contribution in [0.25, 0.3) is 0 Å². The molecule has 3 rings (SSSR count). The highest BCUT2D eigenvalue weighted by Crippen LogP contribution is 2.29. The number of esters is 1. The number of nitrogens with zero attached hydrogens (tertiary/aromatic N) is 4. The van der Waals surface area contributed by atoms with Gasteiger partial charge in [-0.2, -0.15) is 0 Å². The second kappa shape index (κ2) is 7.88. The highest BCUT2D eigenvalue weighted by Gasteiger charge is 2.46. The van der Waals surface area contributed by atoms with Crippen LogP contribution in [0.15, 0.2) is 0 Å². The Labute approximate surface area is 149 Å². The van der Waals surface area contributed by atoms with E-state index < -0.39 is 0 Å². The average molecular weight is 354 g/mol. The number of hydrogen-bond acceptors (Lipinski definition) is 7. The van der Waals surface area contributed by atoms with Crippen LogP contribution in [-0.4, -0.2) is 110 Å². The molecule has 2 atom stereocenters. The molecular weight excluding hydrogens is 324 g/mol. The molecule has 25 heavy (non-hydrogen) atoms. The van der Waals surface area contributed by atoms with E-state index in [1.165, 1.54) is 7.11 Å². The van der Waals surface area contributed by atoms with Gasteiger partial charge >= 0.3 is 12.1 Å². The molecule has 3 aliphatic heterocycles. The Morgan fingerprint density at radius 2 is 1.80 bits per heavy atom. The third kappa shape index (κ3) is 4.07. The number of likely N-dealkylation sites (tertiary alicyclic amines) is 1. The van der Waals surface area contributed by atoms with Crippen LogP contribution in [0.2, 0.25) is 0 Å². The van der Waals surface area contributed by atoms with Gasteiger partial charge in [0.1, 0.15) is 0 Å². The number of hydrogen-bond donors (Lipinski definition) is 0. The van der Waals surface area contributed by atoms with Gasteiger partial charge < -0.3 is 14.4 Å². The van der Waals surface area contributed by atoms with Gasteiger partial charge in [-0.3, -0.25) is 19.5 Å². The first-order chi connectivity index (χ1) is 12.0. The summed E-state index contributed by atoms with van der Waals surface area (Å²) < 4.78 is 10.5. The summed E-state index contributed by atoms with van der Waals surface area (Å²) in [6.07, 6.45) is 1.65. The van der Waals surface area contributed by atoms with Gasteiger partial charge in [0.05, 0.1) is 19.7 Å². The van der Waals surface area contributed by atoms with Gasteiger partial charge in [0.25, 0.3) is 0 Å². The third-order valence-electron chi connectivity index (χ3n) is 5.71. The summed E-state index contributed by atoms with van der Waals surface area (Å²) in [5.74, 6) is -0.206. The minimum Gasteiger partial charge on any atom is -0.468 e. The maximum atomic E-state index is 12.5. The summed E-state index contributed by atoms with van der Waals surface area (Å²) in [4.78, 5) is 32.4. The first-order valence-corrected chi connectivity index (χ1v) is 9.20.